The van der Waals surface area contributed by atoms with Gasteiger partial charge in [-0.1, -0.05) is 25.0 Å². The zero-order chi connectivity index (χ0) is 11.4. The maximum absolute atomic E-state index is 5.15. The molecule has 0 aliphatic heterocycles. The lowest BCUT2D eigenvalue weighted by Crippen LogP contribution is -2.20. The molecule has 1 aliphatic rings. The van der Waals surface area contributed by atoms with Gasteiger partial charge in [-0.05, 0) is 43.5 Å². The van der Waals surface area contributed by atoms with E-state index in [-0.39, 0.29) is 0 Å². The van der Waals surface area contributed by atoms with Crippen LogP contribution >= 0.6 is 0 Å². The summed E-state index contributed by atoms with van der Waals surface area (Å²) in [6.45, 7) is 3.35. The lowest BCUT2D eigenvalue weighted by molar-refractivity contribution is 0.414. The SMILES string of the molecule is COc1ccc(C(C)NCCC2CC2)cc1. The molecule has 0 bridgehead atoms. The second-order valence-electron chi connectivity index (χ2n) is 4.68. The third kappa shape index (κ3) is 3.24. The molecule has 1 unspecified atom stereocenters. The Kier molecular flexibility index (Phi) is 3.83. The highest BCUT2D eigenvalue weighted by molar-refractivity contribution is 5.28. The van der Waals surface area contributed by atoms with E-state index in [1.807, 2.05) is 12.1 Å². The van der Waals surface area contributed by atoms with Crippen LogP contribution in [-0.4, -0.2) is 13.7 Å². The van der Waals surface area contributed by atoms with Gasteiger partial charge in [-0.2, -0.15) is 0 Å². The summed E-state index contributed by atoms with van der Waals surface area (Å²) < 4.78 is 5.15. The van der Waals surface area contributed by atoms with Gasteiger partial charge in [0.1, 0.15) is 5.75 Å². The molecule has 0 saturated heterocycles. The van der Waals surface area contributed by atoms with Crippen LogP contribution in [0.15, 0.2) is 24.3 Å². The van der Waals surface area contributed by atoms with Gasteiger partial charge < -0.3 is 10.1 Å². The van der Waals surface area contributed by atoms with E-state index in [1.54, 1.807) is 7.11 Å². The Morgan fingerprint density at radius 2 is 2.00 bits per heavy atom. The maximum atomic E-state index is 5.15. The molecule has 1 N–H and O–H groups in total. The van der Waals surface area contributed by atoms with Crippen molar-refractivity contribution in [3.8, 4) is 5.75 Å². The standard InChI is InChI=1S/C14H21NO/c1-11(15-10-9-12-3-4-12)13-5-7-14(16-2)8-6-13/h5-8,11-12,15H,3-4,9-10H2,1-2H3. The van der Waals surface area contributed by atoms with E-state index in [9.17, 15) is 0 Å². The topological polar surface area (TPSA) is 21.3 Å². The smallest absolute Gasteiger partial charge is 0.118 e. The monoisotopic (exact) mass is 219 g/mol. The van der Waals surface area contributed by atoms with Crippen molar-refractivity contribution in [1.29, 1.82) is 0 Å². The van der Waals surface area contributed by atoms with Gasteiger partial charge in [0.25, 0.3) is 0 Å². The second kappa shape index (κ2) is 5.35. The molecule has 0 aromatic heterocycles. The van der Waals surface area contributed by atoms with Gasteiger partial charge in [-0.25, -0.2) is 0 Å². The summed E-state index contributed by atoms with van der Waals surface area (Å²) in [5, 5.41) is 3.57. The van der Waals surface area contributed by atoms with Crippen LogP contribution in [0.2, 0.25) is 0 Å². The Morgan fingerprint density at radius 1 is 1.31 bits per heavy atom. The van der Waals surface area contributed by atoms with Crippen molar-refractivity contribution in [2.45, 2.75) is 32.2 Å². The van der Waals surface area contributed by atoms with Crippen molar-refractivity contribution in [2.75, 3.05) is 13.7 Å². The molecule has 1 atom stereocenters. The Hall–Kier alpha value is -1.02. The summed E-state index contributed by atoms with van der Waals surface area (Å²) in [7, 11) is 1.70. The molecular formula is C14H21NO. The van der Waals surface area contributed by atoms with E-state index in [4.69, 9.17) is 4.74 Å². The number of benzene rings is 1. The Morgan fingerprint density at radius 3 is 2.56 bits per heavy atom. The van der Waals surface area contributed by atoms with Crippen LogP contribution in [0.25, 0.3) is 0 Å². The summed E-state index contributed by atoms with van der Waals surface area (Å²) in [6, 6.07) is 8.74. The Labute approximate surface area is 98.0 Å². The molecule has 2 heteroatoms. The van der Waals surface area contributed by atoms with Crippen LogP contribution in [0.5, 0.6) is 5.75 Å². The maximum Gasteiger partial charge on any atom is 0.118 e. The molecule has 1 aromatic carbocycles. The third-order valence-electron chi connectivity index (χ3n) is 3.32. The quantitative estimate of drug-likeness (QED) is 0.793. The Balaban J connectivity index is 1.79. The van der Waals surface area contributed by atoms with Crippen LogP contribution in [0.4, 0.5) is 0 Å². The molecule has 1 fully saturated rings. The fourth-order valence-electron chi connectivity index (χ4n) is 1.92. The molecule has 1 aromatic rings. The van der Waals surface area contributed by atoms with Gasteiger partial charge in [0.05, 0.1) is 7.11 Å². The molecule has 0 amide bonds. The summed E-state index contributed by atoms with van der Waals surface area (Å²) in [5.41, 5.74) is 1.33. The average Bonchev–Trinajstić information content (AvgIpc) is 3.13. The lowest BCUT2D eigenvalue weighted by Gasteiger charge is -2.14. The third-order valence-corrected chi connectivity index (χ3v) is 3.32. The number of methoxy groups -OCH3 is 1. The zero-order valence-corrected chi connectivity index (χ0v) is 10.2. The highest BCUT2D eigenvalue weighted by Gasteiger charge is 2.20. The number of hydrogen-bond acceptors (Lipinski definition) is 2. The van der Waals surface area contributed by atoms with Crippen molar-refractivity contribution in [2.24, 2.45) is 5.92 Å². The van der Waals surface area contributed by atoms with Crippen molar-refractivity contribution < 1.29 is 4.74 Å². The van der Waals surface area contributed by atoms with E-state index in [0.717, 1.165) is 18.2 Å². The number of nitrogens with one attached hydrogen (secondary N) is 1. The first kappa shape index (κ1) is 11.5. The molecule has 88 valence electrons. The van der Waals surface area contributed by atoms with Crippen molar-refractivity contribution in [3.05, 3.63) is 29.8 Å². The number of ether oxygens (including phenoxy) is 1. The van der Waals surface area contributed by atoms with E-state index in [1.165, 1.54) is 24.8 Å². The van der Waals surface area contributed by atoms with E-state index < -0.39 is 0 Å². The summed E-state index contributed by atoms with van der Waals surface area (Å²) in [5.74, 6) is 1.93. The predicted octanol–water partition coefficient (Wildman–Crippen LogP) is 3.15. The highest BCUT2D eigenvalue weighted by atomic mass is 16.5. The van der Waals surface area contributed by atoms with Crippen molar-refractivity contribution in [3.63, 3.8) is 0 Å². The van der Waals surface area contributed by atoms with Crippen LogP contribution < -0.4 is 10.1 Å². The van der Waals surface area contributed by atoms with E-state index in [0.29, 0.717) is 6.04 Å². The molecular weight excluding hydrogens is 198 g/mol. The largest absolute Gasteiger partial charge is 0.497 e. The molecule has 0 heterocycles. The number of rotatable bonds is 6. The van der Waals surface area contributed by atoms with Gasteiger partial charge >= 0.3 is 0 Å². The normalized spacial score (nSPS) is 17.1. The molecule has 1 aliphatic carbocycles. The van der Waals surface area contributed by atoms with Crippen LogP contribution in [-0.2, 0) is 0 Å². The molecule has 2 nitrogen and oxygen atoms in total. The molecule has 0 spiro atoms. The predicted molar refractivity (Wildman–Crippen MR) is 66.8 cm³/mol. The van der Waals surface area contributed by atoms with Crippen LogP contribution in [0.3, 0.4) is 0 Å². The summed E-state index contributed by atoms with van der Waals surface area (Å²) in [6.07, 6.45) is 4.22. The fraction of sp³-hybridized carbons (Fsp3) is 0.571. The summed E-state index contributed by atoms with van der Waals surface area (Å²) >= 11 is 0. The molecule has 1 saturated carbocycles. The van der Waals surface area contributed by atoms with E-state index in [2.05, 4.69) is 24.4 Å². The second-order valence-corrected chi connectivity index (χ2v) is 4.68. The van der Waals surface area contributed by atoms with Gasteiger partial charge in [0.15, 0.2) is 0 Å². The fourth-order valence-corrected chi connectivity index (χ4v) is 1.92. The first-order valence-corrected chi connectivity index (χ1v) is 6.17. The first-order chi connectivity index (χ1) is 7.79. The first-order valence-electron chi connectivity index (χ1n) is 6.17. The minimum Gasteiger partial charge on any atom is -0.497 e. The van der Waals surface area contributed by atoms with Crippen LogP contribution in [0, 0.1) is 5.92 Å². The van der Waals surface area contributed by atoms with E-state index >= 15 is 0 Å². The van der Waals surface area contributed by atoms with Gasteiger partial charge in [0, 0.05) is 6.04 Å². The molecule has 0 radical (unpaired) electrons. The lowest BCUT2D eigenvalue weighted by atomic mass is 10.1. The molecule has 16 heavy (non-hydrogen) atoms. The minimum atomic E-state index is 0.435. The van der Waals surface area contributed by atoms with Gasteiger partial charge in [-0.3, -0.25) is 0 Å². The zero-order valence-electron chi connectivity index (χ0n) is 10.2. The minimum absolute atomic E-state index is 0.435. The highest BCUT2D eigenvalue weighted by Crippen LogP contribution is 2.32. The molecule has 2 rings (SSSR count). The number of hydrogen-bond donors (Lipinski definition) is 1. The van der Waals surface area contributed by atoms with Crippen molar-refractivity contribution >= 4 is 0 Å². The van der Waals surface area contributed by atoms with Gasteiger partial charge in [0.2, 0.25) is 0 Å². The average molecular weight is 219 g/mol. The van der Waals surface area contributed by atoms with Crippen molar-refractivity contribution in [1.82, 2.24) is 5.32 Å². The summed E-state index contributed by atoms with van der Waals surface area (Å²) in [4.78, 5) is 0. The Bertz CT molecular complexity index is 316. The van der Waals surface area contributed by atoms with Gasteiger partial charge in [-0.15, -0.1) is 0 Å². The van der Waals surface area contributed by atoms with Crippen LogP contribution in [0.1, 0.15) is 37.8 Å².